The van der Waals surface area contributed by atoms with Crippen LogP contribution in [0.25, 0.3) is 0 Å². The molecule has 1 fully saturated rings. The summed E-state index contributed by atoms with van der Waals surface area (Å²) >= 11 is 0. The van der Waals surface area contributed by atoms with E-state index >= 15 is 0 Å². The van der Waals surface area contributed by atoms with Crippen LogP contribution in [0.1, 0.15) is 49.3 Å². The zero-order valence-electron chi connectivity index (χ0n) is 23.4. The zero-order valence-corrected chi connectivity index (χ0v) is 24.2. The second kappa shape index (κ2) is 16.6. The number of carboxylic acid groups (broad SMARTS) is 1. The zero-order chi connectivity index (χ0) is 31.3. The first-order chi connectivity index (χ1) is 19.8. The highest BCUT2D eigenvalue weighted by atomic mass is 32.2. The highest BCUT2D eigenvalue weighted by molar-refractivity contribution is 7.82. The summed E-state index contributed by atoms with van der Waals surface area (Å²) in [7, 11) is -1.65. The van der Waals surface area contributed by atoms with E-state index in [-0.39, 0.29) is 56.4 Å². The lowest BCUT2D eigenvalue weighted by atomic mass is 10.0. The van der Waals surface area contributed by atoms with Crippen molar-refractivity contribution in [3.05, 3.63) is 65.2 Å². The van der Waals surface area contributed by atoms with Gasteiger partial charge in [0.25, 0.3) is 0 Å². The van der Waals surface area contributed by atoms with Gasteiger partial charge in [-0.1, -0.05) is 38.1 Å². The molecule has 1 aliphatic rings. The van der Waals surface area contributed by atoms with Gasteiger partial charge in [-0.2, -0.15) is 13.2 Å². The first-order valence-corrected chi connectivity index (χ1v) is 14.3. The van der Waals surface area contributed by atoms with Crippen LogP contribution in [0.4, 0.5) is 13.2 Å². The smallest absolute Gasteiger partial charge is 0.416 e. The molecule has 0 spiro atoms. The topological polar surface area (TPSA) is 136 Å². The van der Waals surface area contributed by atoms with Crippen molar-refractivity contribution in [2.75, 3.05) is 32.7 Å². The summed E-state index contributed by atoms with van der Waals surface area (Å²) < 4.78 is 51.9. The molecule has 42 heavy (non-hydrogen) atoms. The van der Waals surface area contributed by atoms with E-state index in [1.165, 1.54) is 22.6 Å². The standard InChI is InChI=1S/C17H20F3N3O5S.C11H15NO/c18-17(19,20)12-1-3-13(4-2-12)29(28)23-9-7-22(8-10-23)15(25)11-21-14(24)5-6-16(26)27;1-9(2)11-5-3-10(4-6-11)7-12-8-13/h1-4H,5-11H2,(H,21,24)(H,26,27);3-6,8-9H,7H2,1-2H3,(H,12,13). The van der Waals surface area contributed by atoms with Gasteiger partial charge in [-0.3, -0.25) is 19.2 Å². The maximum atomic E-state index is 12.6. The second-order valence-corrected chi connectivity index (χ2v) is 11.1. The molecule has 0 aliphatic carbocycles. The number of carbonyl (C=O) groups excluding carboxylic acids is 3. The van der Waals surface area contributed by atoms with Crippen molar-refractivity contribution >= 4 is 35.2 Å². The third-order valence-corrected chi connectivity index (χ3v) is 7.76. The highest BCUT2D eigenvalue weighted by Gasteiger charge is 2.31. The number of nitrogens with one attached hydrogen (secondary N) is 2. The van der Waals surface area contributed by atoms with Gasteiger partial charge in [0.15, 0.2) is 0 Å². The Morgan fingerprint density at radius 3 is 2.07 bits per heavy atom. The number of alkyl halides is 3. The summed E-state index contributed by atoms with van der Waals surface area (Å²) in [5.41, 5.74) is 1.64. The molecule has 0 saturated carbocycles. The number of rotatable bonds is 11. The minimum atomic E-state index is -4.46. The van der Waals surface area contributed by atoms with E-state index in [2.05, 4.69) is 36.6 Å². The van der Waals surface area contributed by atoms with Crippen LogP contribution < -0.4 is 10.6 Å². The van der Waals surface area contributed by atoms with Crippen LogP contribution in [0.3, 0.4) is 0 Å². The number of carbonyl (C=O) groups is 4. The normalized spacial score (nSPS) is 14.4. The number of halogens is 3. The van der Waals surface area contributed by atoms with E-state index in [9.17, 15) is 36.6 Å². The van der Waals surface area contributed by atoms with Crippen molar-refractivity contribution < 1.29 is 41.7 Å². The molecule has 14 heteroatoms. The Hall–Kier alpha value is -3.78. The minimum absolute atomic E-state index is 0.220. The van der Waals surface area contributed by atoms with Crippen LogP contribution in [0.2, 0.25) is 0 Å². The fourth-order valence-corrected chi connectivity index (χ4v) is 4.95. The van der Waals surface area contributed by atoms with Gasteiger partial charge in [-0.25, -0.2) is 8.51 Å². The maximum Gasteiger partial charge on any atom is 0.416 e. The SMILES string of the molecule is CC(C)c1ccc(CNC=O)cc1.O=C(O)CCC(=O)NCC(=O)N1CCN(S(=O)c2ccc(C(F)(F)F)cc2)CC1. The van der Waals surface area contributed by atoms with Gasteiger partial charge in [0.05, 0.1) is 23.4 Å². The van der Waals surface area contributed by atoms with Gasteiger partial charge in [-0.15, -0.1) is 0 Å². The van der Waals surface area contributed by atoms with Gasteiger partial charge < -0.3 is 20.6 Å². The number of nitrogens with zero attached hydrogens (tertiary/aromatic N) is 2. The average molecular weight is 613 g/mol. The third kappa shape index (κ3) is 11.6. The quantitative estimate of drug-likeness (QED) is 0.334. The largest absolute Gasteiger partial charge is 0.481 e. The molecule has 3 rings (SSSR count). The van der Waals surface area contributed by atoms with Crippen LogP contribution in [-0.4, -0.2) is 75.4 Å². The molecule has 1 atom stereocenters. The van der Waals surface area contributed by atoms with E-state index in [0.717, 1.165) is 24.1 Å². The maximum absolute atomic E-state index is 12.6. The summed E-state index contributed by atoms with van der Waals surface area (Å²) in [4.78, 5) is 45.7. The molecule has 10 nitrogen and oxygen atoms in total. The molecular weight excluding hydrogens is 577 g/mol. The molecule has 1 saturated heterocycles. The Bertz CT molecular complexity index is 1220. The van der Waals surface area contributed by atoms with Crippen LogP contribution in [-0.2, 0) is 42.9 Å². The van der Waals surface area contributed by atoms with E-state index in [1.807, 2.05) is 12.1 Å². The van der Waals surface area contributed by atoms with Crippen molar-refractivity contribution in [1.29, 1.82) is 0 Å². The lowest BCUT2D eigenvalue weighted by Crippen LogP contribution is -2.51. The van der Waals surface area contributed by atoms with E-state index in [0.29, 0.717) is 12.5 Å². The fourth-order valence-electron chi connectivity index (χ4n) is 3.79. The number of hydrogen-bond acceptors (Lipinski definition) is 5. The Balaban J connectivity index is 0.000000395. The number of piperazine rings is 1. The van der Waals surface area contributed by atoms with E-state index < -0.39 is 34.6 Å². The van der Waals surface area contributed by atoms with Crippen molar-refractivity contribution in [2.45, 2.75) is 50.2 Å². The minimum Gasteiger partial charge on any atom is -0.481 e. The van der Waals surface area contributed by atoms with Crippen molar-refractivity contribution in [2.24, 2.45) is 0 Å². The van der Waals surface area contributed by atoms with Gasteiger partial charge in [0.2, 0.25) is 18.2 Å². The molecule has 3 amide bonds. The van der Waals surface area contributed by atoms with Gasteiger partial charge in [-0.05, 0) is 41.3 Å². The summed E-state index contributed by atoms with van der Waals surface area (Å²) in [5, 5.41) is 13.5. The summed E-state index contributed by atoms with van der Waals surface area (Å²) in [6.07, 6.45) is -4.29. The molecule has 0 aromatic heterocycles. The lowest BCUT2D eigenvalue weighted by molar-refractivity contribution is -0.139. The van der Waals surface area contributed by atoms with Gasteiger partial charge in [0.1, 0.15) is 11.0 Å². The first-order valence-electron chi connectivity index (χ1n) is 13.2. The van der Waals surface area contributed by atoms with E-state index in [1.54, 1.807) is 4.31 Å². The van der Waals surface area contributed by atoms with Crippen LogP contribution >= 0.6 is 0 Å². The molecule has 3 N–H and O–H groups in total. The first kappa shape index (κ1) is 34.4. The Kier molecular flexibility index (Phi) is 13.6. The second-order valence-electron chi connectivity index (χ2n) is 9.65. The molecule has 1 heterocycles. The molecule has 1 unspecified atom stereocenters. The van der Waals surface area contributed by atoms with Crippen molar-refractivity contribution in [1.82, 2.24) is 19.8 Å². The fraction of sp³-hybridized carbons (Fsp3) is 0.429. The molecule has 2 aromatic carbocycles. The van der Waals surface area contributed by atoms with Gasteiger partial charge in [0, 0.05) is 39.1 Å². The molecule has 230 valence electrons. The van der Waals surface area contributed by atoms with Crippen LogP contribution in [0.15, 0.2) is 53.4 Å². The number of carboxylic acids is 1. The predicted octanol–water partition coefficient (Wildman–Crippen LogP) is 2.91. The van der Waals surface area contributed by atoms with Crippen molar-refractivity contribution in [3.8, 4) is 0 Å². The Morgan fingerprint density at radius 1 is 0.976 bits per heavy atom. The number of aliphatic carboxylic acids is 1. The summed E-state index contributed by atoms with van der Waals surface area (Å²) in [6.45, 7) is 5.69. The Labute approximate surface area is 244 Å². The average Bonchev–Trinajstić information content (AvgIpc) is 2.97. The highest BCUT2D eigenvalue weighted by Crippen LogP contribution is 2.29. The summed E-state index contributed by atoms with van der Waals surface area (Å²) in [5.74, 6) is -1.44. The molecule has 1 aliphatic heterocycles. The lowest BCUT2D eigenvalue weighted by Gasteiger charge is -2.33. The summed E-state index contributed by atoms with van der Waals surface area (Å²) in [6, 6.07) is 12.4. The predicted molar refractivity (Wildman–Crippen MR) is 149 cm³/mol. The van der Waals surface area contributed by atoms with Crippen molar-refractivity contribution in [3.63, 3.8) is 0 Å². The molecule has 0 radical (unpaired) electrons. The third-order valence-electron chi connectivity index (χ3n) is 6.25. The number of amides is 3. The molecule has 0 bridgehead atoms. The van der Waals surface area contributed by atoms with Crippen LogP contribution in [0.5, 0.6) is 0 Å². The van der Waals surface area contributed by atoms with Gasteiger partial charge >= 0.3 is 12.1 Å². The Morgan fingerprint density at radius 2 is 1.57 bits per heavy atom. The van der Waals surface area contributed by atoms with Crippen LogP contribution in [0, 0.1) is 0 Å². The number of benzene rings is 2. The number of hydrogen-bond donors (Lipinski definition) is 3. The van der Waals surface area contributed by atoms with E-state index in [4.69, 9.17) is 5.11 Å². The molecule has 2 aromatic rings. The molecular formula is C28H35F3N4O6S. The monoisotopic (exact) mass is 612 g/mol.